The molecule has 0 radical (unpaired) electrons. The van der Waals surface area contributed by atoms with Gasteiger partial charge in [-0.1, -0.05) is 0 Å². The Bertz CT molecular complexity index is 510. The molecular formula is C12H9F3N2O. The second-order valence-electron chi connectivity index (χ2n) is 4.22. The Kier molecular flexibility index (Phi) is 2.77. The predicted octanol–water partition coefficient (Wildman–Crippen LogP) is 2.95. The largest absolute Gasteiger partial charge is 0.416 e. The molecule has 1 aromatic rings. The Labute approximate surface area is 101 Å². The summed E-state index contributed by atoms with van der Waals surface area (Å²) in [6, 6.07) is 6.05. The van der Waals surface area contributed by atoms with Gasteiger partial charge in [0.25, 0.3) is 0 Å². The van der Waals surface area contributed by atoms with Crippen molar-refractivity contribution in [1.82, 2.24) is 0 Å². The van der Waals surface area contributed by atoms with Gasteiger partial charge in [-0.25, -0.2) is 0 Å². The summed E-state index contributed by atoms with van der Waals surface area (Å²) in [5.41, 5.74) is -1.50. The van der Waals surface area contributed by atoms with Crippen LogP contribution in [0.25, 0.3) is 0 Å². The van der Waals surface area contributed by atoms with Crippen molar-refractivity contribution in [2.45, 2.75) is 19.0 Å². The van der Waals surface area contributed by atoms with Crippen molar-refractivity contribution in [3.8, 4) is 6.07 Å². The maximum absolute atomic E-state index is 12.3. The van der Waals surface area contributed by atoms with Crippen LogP contribution in [0.15, 0.2) is 24.3 Å². The number of nitriles is 1. The number of anilines is 1. The third-order valence-electron chi connectivity index (χ3n) is 2.87. The van der Waals surface area contributed by atoms with Gasteiger partial charge in [0.2, 0.25) is 5.91 Å². The normalized spacial score (nSPS) is 16.8. The van der Waals surface area contributed by atoms with Crippen molar-refractivity contribution >= 4 is 11.6 Å². The Morgan fingerprint density at radius 3 is 2.22 bits per heavy atom. The molecule has 3 nitrogen and oxygen atoms in total. The topological polar surface area (TPSA) is 52.9 Å². The first kappa shape index (κ1) is 12.4. The van der Waals surface area contributed by atoms with Crippen molar-refractivity contribution in [2.24, 2.45) is 5.41 Å². The van der Waals surface area contributed by atoms with Crippen LogP contribution < -0.4 is 5.32 Å². The highest BCUT2D eigenvalue weighted by atomic mass is 19.4. The molecule has 1 N–H and O–H groups in total. The number of carbonyl (C=O) groups is 1. The number of nitrogens with zero attached hydrogens (tertiary/aromatic N) is 1. The molecule has 1 saturated carbocycles. The van der Waals surface area contributed by atoms with Crippen molar-refractivity contribution in [1.29, 1.82) is 5.26 Å². The van der Waals surface area contributed by atoms with Crippen molar-refractivity contribution in [3.63, 3.8) is 0 Å². The van der Waals surface area contributed by atoms with Gasteiger partial charge >= 0.3 is 6.18 Å². The summed E-state index contributed by atoms with van der Waals surface area (Å²) in [6.45, 7) is 0. The Hall–Kier alpha value is -2.03. The van der Waals surface area contributed by atoms with E-state index < -0.39 is 23.1 Å². The molecule has 0 atom stereocenters. The van der Waals surface area contributed by atoms with Gasteiger partial charge in [-0.2, -0.15) is 18.4 Å². The SMILES string of the molecule is N#CC1(C(=O)Nc2ccc(C(F)(F)F)cc2)CC1. The lowest BCUT2D eigenvalue weighted by Crippen LogP contribution is -2.22. The summed E-state index contributed by atoms with van der Waals surface area (Å²) in [5.74, 6) is -0.454. The first-order valence-electron chi connectivity index (χ1n) is 5.27. The molecule has 0 spiro atoms. The minimum atomic E-state index is -4.40. The van der Waals surface area contributed by atoms with E-state index in [0.717, 1.165) is 12.1 Å². The van der Waals surface area contributed by atoms with Gasteiger partial charge in [-0.3, -0.25) is 4.79 Å². The third-order valence-corrected chi connectivity index (χ3v) is 2.87. The molecule has 2 rings (SSSR count). The van der Waals surface area contributed by atoms with Crippen molar-refractivity contribution in [3.05, 3.63) is 29.8 Å². The number of carbonyl (C=O) groups excluding carboxylic acids is 1. The molecule has 0 aliphatic heterocycles. The molecule has 6 heteroatoms. The summed E-state index contributed by atoms with van der Waals surface area (Å²) in [7, 11) is 0. The molecular weight excluding hydrogens is 245 g/mol. The van der Waals surface area contributed by atoms with E-state index in [-0.39, 0.29) is 5.69 Å². The molecule has 1 aromatic carbocycles. The zero-order valence-corrected chi connectivity index (χ0v) is 9.21. The fourth-order valence-electron chi connectivity index (χ4n) is 1.51. The summed E-state index contributed by atoms with van der Waals surface area (Å²) in [6.07, 6.45) is -3.40. The molecule has 0 heterocycles. The molecule has 0 aromatic heterocycles. The second-order valence-corrected chi connectivity index (χ2v) is 4.22. The lowest BCUT2D eigenvalue weighted by atomic mass is 10.1. The molecule has 0 bridgehead atoms. The minimum absolute atomic E-state index is 0.259. The van der Waals surface area contributed by atoms with Crippen molar-refractivity contribution in [2.75, 3.05) is 5.32 Å². The number of rotatable bonds is 2. The lowest BCUT2D eigenvalue weighted by Gasteiger charge is -2.10. The molecule has 94 valence electrons. The number of halogens is 3. The standard InChI is InChI=1S/C12H9F3N2O/c13-12(14,15)8-1-3-9(4-2-8)17-10(18)11(7-16)5-6-11/h1-4H,5-6H2,(H,17,18). The fourth-order valence-corrected chi connectivity index (χ4v) is 1.51. The predicted molar refractivity (Wildman–Crippen MR) is 57.4 cm³/mol. The number of hydrogen-bond acceptors (Lipinski definition) is 2. The third kappa shape index (κ3) is 2.30. The highest BCUT2D eigenvalue weighted by Gasteiger charge is 2.50. The van der Waals surface area contributed by atoms with Gasteiger partial charge in [0, 0.05) is 5.69 Å². The van der Waals surface area contributed by atoms with Crippen LogP contribution in [0.5, 0.6) is 0 Å². The first-order chi connectivity index (χ1) is 8.37. The van der Waals surface area contributed by atoms with E-state index in [1.807, 2.05) is 6.07 Å². The van der Waals surface area contributed by atoms with Crippen LogP contribution in [-0.4, -0.2) is 5.91 Å². The van der Waals surface area contributed by atoms with Gasteiger partial charge in [0.15, 0.2) is 0 Å². The molecule has 1 aliphatic rings. The van der Waals surface area contributed by atoms with Gasteiger partial charge in [0.05, 0.1) is 11.6 Å². The maximum Gasteiger partial charge on any atom is 0.416 e. The summed E-state index contributed by atoms with van der Waals surface area (Å²) in [5, 5.41) is 11.2. The zero-order chi connectivity index (χ0) is 13.4. The van der Waals surface area contributed by atoms with Crippen molar-refractivity contribution < 1.29 is 18.0 Å². The monoisotopic (exact) mass is 254 g/mol. The van der Waals surface area contributed by atoms with Crippen LogP contribution in [0.4, 0.5) is 18.9 Å². The Balaban J connectivity index is 2.08. The van der Waals surface area contributed by atoms with E-state index in [4.69, 9.17) is 5.26 Å². The quantitative estimate of drug-likeness (QED) is 0.882. The van der Waals surface area contributed by atoms with Gasteiger partial charge in [0.1, 0.15) is 5.41 Å². The molecule has 0 saturated heterocycles. The molecule has 18 heavy (non-hydrogen) atoms. The minimum Gasteiger partial charge on any atom is -0.325 e. The van der Waals surface area contributed by atoms with Crippen LogP contribution in [-0.2, 0) is 11.0 Å². The fraction of sp³-hybridized carbons (Fsp3) is 0.333. The summed E-state index contributed by atoms with van der Waals surface area (Å²) < 4.78 is 36.9. The number of nitrogens with one attached hydrogen (secondary N) is 1. The smallest absolute Gasteiger partial charge is 0.325 e. The van der Waals surface area contributed by atoms with E-state index >= 15 is 0 Å². The van der Waals surface area contributed by atoms with Crippen LogP contribution in [0.3, 0.4) is 0 Å². The summed E-state index contributed by atoms with van der Waals surface area (Å²) in [4.78, 5) is 11.7. The van der Waals surface area contributed by atoms with Crippen LogP contribution in [0, 0.1) is 16.7 Å². The first-order valence-corrected chi connectivity index (χ1v) is 5.27. The molecule has 1 amide bonds. The van der Waals surface area contributed by atoms with E-state index in [2.05, 4.69) is 5.32 Å². The number of benzene rings is 1. The zero-order valence-electron chi connectivity index (χ0n) is 9.21. The average Bonchev–Trinajstić information content (AvgIpc) is 3.09. The Morgan fingerprint density at radius 1 is 1.28 bits per heavy atom. The van der Waals surface area contributed by atoms with E-state index in [0.29, 0.717) is 12.8 Å². The molecule has 1 fully saturated rings. The number of alkyl halides is 3. The lowest BCUT2D eigenvalue weighted by molar-refractivity contribution is -0.137. The number of hydrogen-bond donors (Lipinski definition) is 1. The van der Waals surface area contributed by atoms with E-state index in [1.165, 1.54) is 12.1 Å². The maximum atomic E-state index is 12.3. The second kappa shape index (κ2) is 4.02. The molecule has 0 unspecified atom stereocenters. The van der Waals surface area contributed by atoms with Crippen LogP contribution >= 0.6 is 0 Å². The number of amides is 1. The van der Waals surface area contributed by atoms with Gasteiger partial charge < -0.3 is 5.32 Å². The van der Waals surface area contributed by atoms with Gasteiger partial charge in [-0.15, -0.1) is 0 Å². The Morgan fingerprint density at radius 2 is 1.83 bits per heavy atom. The molecule has 1 aliphatic carbocycles. The highest BCUT2D eigenvalue weighted by Crippen LogP contribution is 2.45. The highest BCUT2D eigenvalue weighted by molar-refractivity contribution is 5.99. The van der Waals surface area contributed by atoms with Crippen LogP contribution in [0.2, 0.25) is 0 Å². The van der Waals surface area contributed by atoms with E-state index in [1.54, 1.807) is 0 Å². The van der Waals surface area contributed by atoms with Crippen LogP contribution in [0.1, 0.15) is 18.4 Å². The average molecular weight is 254 g/mol. The summed E-state index contributed by atoms with van der Waals surface area (Å²) >= 11 is 0. The van der Waals surface area contributed by atoms with Gasteiger partial charge in [-0.05, 0) is 37.1 Å². The van der Waals surface area contributed by atoms with E-state index in [9.17, 15) is 18.0 Å².